The molecule has 0 spiro atoms. The van der Waals surface area contributed by atoms with Gasteiger partial charge in [0.2, 0.25) is 0 Å². The van der Waals surface area contributed by atoms with Crippen LogP contribution in [0.1, 0.15) is 16.8 Å². The zero-order chi connectivity index (χ0) is 21.1. The van der Waals surface area contributed by atoms with Crippen LogP contribution in [0.4, 0.5) is 8.78 Å². The molecule has 4 aromatic rings. The van der Waals surface area contributed by atoms with E-state index in [1.54, 1.807) is 55.5 Å². The Kier molecular flexibility index (Phi) is 5.48. The number of benzene rings is 3. The zero-order valence-electron chi connectivity index (χ0n) is 16.2. The molecule has 0 aliphatic rings. The average Bonchev–Trinajstić information content (AvgIpc) is 2.74. The van der Waals surface area contributed by atoms with Crippen LogP contribution in [0.2, 0.25) is 0 Å². The molecule has 151 valence electrons. The number of aromatic nitrogens is 1. The number of hydrogen-bond acceptors (Lipinski definition) is 3. The first kappa shape index (κ1) is 19.6. The number of ether oxygens (including phenoxy) is 2. The first-order valence-electron chi connectivity index (χ1n) is 9.35. The van der Waals surface area contributed by atoms with Crippen molar-refractivity contribution < 1.29 is 23.4 Å². The molecule has 0 fully saturated rings. The molecule has 0 aliphatic heterocycles. The van der Waals surface area contributed by atoms with Crippen LogP contribution < -0.4 is 9.47 Å². The van der Waals surface area contributed by atoms with Gasteiger partial charge in [-0.2, -0.15) is 0 Å². The van der Waals surface area contributed by atoms with Crippen LogP contribution in [0, 0.1) is 18.6 Å². The molecule has 0 bridgehead atoms. The number of hydrogen-bond donors (Lipinski definition) is 0. The molecule has 30 heavy (non-hydrogen) atoms. The van der Waals surface area contributed by atoms with E-state index in [9.17, 15) is 13.9 Å². The summed E-state index contributed by atoms with van der Waals surface area (Å²) in [6, 6.07) is 17.6. The summed E-state index contributed by atoms with van der Waals surface area (Å²) in [5, 5.41) is 12.5. The zero-order valence-corrected chi connectivity index (χ0v) is 16.2. The summed E-state index contributed by atoms with van der Waals surface area (Å²) in [6.07, 6.45) is 0. The van der Waals surface area contributed by atoms with Gasteiger partial charge in [-0.1, -0.05) is 30.3 Å². The van der Waals surface area contributed by atoms with E-state index in [4.69, 9.17) is 9.47 Å². The number of nitrogens with zero attached hydrogens (tertiary/aromatic N) is 1. The van der Waals surface area contributed by atoms with Crippen molar-refractivity contribution in [1.82, 2.24) is 4.98 Å². The third kappa shape index (κ3) is 4.33. The molecule has 1 heterocycles. The molecule has 3 aromatic carbocycles. The van der Waals surface area contributed by atoms with Gasteiger partial charge in [-0.15, -0.1) is 0 Å². The lowest BCUT2D eigenvalue weighted by Gasteiger charge is -2.11. The van der Waals surface area contributed by atoms with E-state index in [0.717, 1.165) is 6.07 Å². The van der Waals surface area contributed by atoms with Crippen LogP contribution in [0.25, 0.3) is 10.9 Å². The third-order valence-corrected chi connectivity index (χ3v) is 4.65. The van der Waals surface area contributed by atoms with E-state index in [1.807, 2.05) is 6.07 Å². The predicted molar refractivity (Wildman–Crippen MR) is 108 cm³/mol. The Morgan fingerprint density at radius 2 is 1.60 bits per heavy atom. The van der Waals surface area contributed by atoms with Crippen molar-refractivity contribution in [1.29, 1.82) is 0 Å². The lowest BCUT2D eigenvalue weighted by molar-refractivity contribution is 0.277. The minimum absolute atomic E-state index is 0.0283. The molecule has 4 rings (SSSR count). The molecule has 6 heteroatoms. The SMILES string of the molecule is Cc1cccc(COc2cccc(OCc3ccc4cc(F)cc(F)c4n3)c2)c1[O]. The van der Waals surface area contributed by atoms with Gasteiger partial charge in [0.15, 0.2) is 11.6 Å². The van der Waals surface area contributed by atoms with Crippen LogP contribution in [-0.2, 0) is 18.3 Å². The van der Waals surface area contributed by atoms with Gasteiger partial charge < -0.3 is 9.47 Å². The highest BCUT2D eigenvalue weighted by Gasteiger charge is 2.09. The highest BCUT2D eigenvalue weighted by molar-refractivity contribution is 5.79. The summed E-state index contributed by atoms with van der Waals surface area (Å²) < 4.78 is 38.7. The maximum atomic E-state index is 13.9. The van der Waals surface area contributed by atoms with Crippen LogP contribution in [0.3, 0.4) is 0 Å². The normalized spacial score (nSPS) is 10.9. The maximum Gasteiger partial charge on any atom is 0.188 e. The number of aryl methyl sites for hydroxylation is 1. The molecule has 0 aliphatic carbocycles. The second kappa shape index (κ2) is 8.37. The Morgan fingerprint density at radius 1 is 0.867 bits per heavy atom. The monoisotopic (exact) mass is 406 g/mol. The van der Waals surface area contributed by atoms with Gasteiger partial charge in [-0.3, -0.25) is 5.11 Å². The van der Waals surface area contributed by atoms with Crippen LogP contribution in [-0.4, -0.2) is 4.98 Å². The third-order valence-electron chi connectivity index (χ3n) is 4.65. The summed E-state index contributed by atoms with van der Waals surface area (Å²) in [6.45, 7) is 2.04. The van der Waals surface area contributed by atoms with Crippen molar-refractivity contribution in [2.24, 2.45) is 0 Å². The molecule has 0 unspecified atom stereocenters. The second-order valence-corrected chi connectivity index (χ2v) is 6.88. The first-order valence-corrected chi connectivity index (χ1v) is 9.35. The highest BCUT2D eigenvalue weighted by Crippen LogP contribution is 2.26. The Morgan fingerprint density at radius 3 is 2.40 bits per heavy atom. The summed E-state index contributed by atoms with van der Waals surface area (Å²) in [7, 11) is 0. The van der Waals surface area contributed by atoms with Gasteiger partial charge in [0.05, 0.1) is 5.69 Å². The van der Waals surface area contributed by atoms with Crippen LogP contribution in [0.5, 0.6) is 17.2 Å². The Balaban J connectivity index is 1.43. The van der Waals surface area contributed by atoms with Crippen LogP contribution in [0.15, 0.2) is 66.7 Å². The fraction of sp³-hybridized carbons (Fsp3) is 0.125. The van der Waals surface area contributed by atoms with Gasteiger partial charge in [-0.05, 0) is 36.8 Å². The largest absolute Gasteiger partial charge is 0.489 e. The molecule has 4 nitrogen and oxygen atoms in total. The molecule has 0 saturated heterocycles. The number of pyridine rings is 1. The van der Waals surface area contributed by atoms with E-state index < -0.39 is 11.6 Å². The van der Waals surface area contributed by atoms with Crippen molar-refractivity contribution in [3.8, 4) is 17.2 Å². The van der Waals surface area contributed by atoms with Gasteiger partial charge in [0.1, 0.15) is 36.0 Å². The second-order valence-electron chi connectivity index (χ2n) is 6.88. The number of fused-ring (bicyclic) bond motifs is 1. The average molecular weight is 406 g/mol. The van der Waals surface area contributed by atoms with Gasteiger partial charge >= 0.3 is 0 Å². The van der Waals surface area contributed by atoms with E-state index >= 15 is 0 Å². The van der Waals surface area contributed by atoms with Crippen molar-refractivity contribution >= 4 is 10.9 Å². The Hall–Kier alpha value is -3.67. The quantitative estimate of drug-likeness (QED) is 0.387. The lowest BCUT2D eigenvalue weighted by atomic mass is 10.1. The van der Waals surface area contributed by atoms with Gasteiger partial charge in [0.25, 0.3) is 0 Å². The maximum absolute atomic E-state index is 13.9. The molecule has 0 saturated carbocycles. The summed E-state index contributed by atoms with van der Waals surface area (Å²) in [5.74, 6) is -0.283. The van der Waals surface area contributed by atoms with Gasteiger partial charge in [0, 0.05) is 23.1 Å². The summed E-state index contributed by atoms with van der Waals surface area (Å²) in [4.78, 5) is 4.21. The molecular weight excluding hydrogens is 388 g/mol. The van der Waals surface area contributed by atoms with Crippen molar-refractivity contribution in [2.75, 3.05) is 0 Å². The topological polar surface area (TPSA) is 51.2 Å². The van der Waals surface area contributed by atoms with Crippen molar-refractivity contribution in [2.45, 2.75) is 20.1 Å². The number of rotatable bonds is 6. The number of halogens is 2. The minimum atomic E-state index is -0.712. The molecule has 0 amide bonds. The summed E-state index contributed by atoms with van der Waals surface area (Å²) in [5.41, 5.74) is 1.87. The van der Waals surface area contributed by atoms with Crippen molar-refractivity contribution in [3.63, 3.8) is 0 Å². The van der Waals surface area contributed by atoms with E-state index in [-0.39, 0.29) is 24.5 Å². The first-order chi connectivity index (χ1) is 14.5. The molecule has 1 aromatic heterocycles. The minimum Gasteiger partial charge on any atom is -0.489 e. The fourth-order valence-corrected chi connectivity index (χ4v) is 3.08. The lowest BCUT2D eigenvalue weighted by Crippen LogP contribution is -2.00. The highest BCUT2D eigenvalue weighted by atomic mass is 19.1. The smallest absolute Gasteiger partial charge is 0.188 e. The van der Waals surface area contributed by atoms with Crippen molar-refractivity contribution in [3.05, 3.63) is 95.2 Å². The standard InChI is InChI=1S/C24H18F2NO3/c1-15-4-2-5-17(24(15)28)13-29-20-6-3-7-21(12-20)30-14-19-9-8-16-10-18(25)11-22(26)23(16)27-19/h2-12H,13-14H2,1H3. The Labute approximate surface area is 172 Å². The Bertz CT molecular complexity index is 1210. The van der Waals surface area contributed by atoms with Gasteiger partial charge in [-0.25, -0.2) is 13.8 Å². The molecule has 0 N–H and O–H groups in total. The van der Waals surface area contributed by atoms with E-state index in [1.165, 1.54) is 6.07 Å². The number of para-hydroxylation sites is 1. The molecular formula is C24H18F2NO3. The molecule has 0 atom stereocenters. The predicted octanol–water partition coefficient (Wildman–Crippen LogP) is 6.12. The van der Waals surface area contributed by atoms with Crippen LogP contribution >= 0.6 is 0 Å². The fourth-order valence-electron chi connectivity index (χ4n) is 3.08. The van der Waals surface area contributed by atoms with E-state index in [2.05, 4.69) is 4.98 Å². The summed E-state index contributed by atoms with van der Waals surface area (Å²) >= 11 is 0. The molecule has 1 radical (unpaired) electrons. The van der Waals surface area contributed by atoms with E-state index in [0.29, 0.717) is 33.7 Å².